The van der Waals surface area contributed by atoms with E-state index in [1.807, 2.05) is 12.1 Å². The molecule has 0 amide bonds. The minimum atomic E-state index is -4.02. The van der Waals surface area contributed by atoms with Gasteiger partial charge in [0.1, 0.15) is 16.4 Å². The molecule has 0 aromatic heterocycles. The van der Waals surface area contributed by atoms with Crippen LogP contribution in [0.3, 0.4) is 0 Å². The van der Waals surface area contributed by atoms with Crippen molar-refractivity contribution in [1.29, 1.82) is 0 Å². The smallest absolute Gasteiger partial charge is 0.339 e. The molecule has 0 fully saturated rings. The first kappa shape index (κ1) is 24.1. The SMILES string of the molecule is CC(C)(C)CC(c1ccc(OS(=O)(=O)c2ccc3c(c2)C=CC(C=O)O3)cc1)C(C)(C)C. The van der Waals surface area contributed by atoms with Crippen LogP contribution in [0, 0.1) is 10.8 Å². The van der Waals surface area contributed by atoms with Gasteiger partial charge in [-0.1, -0.05) is 59.8 Å². The van der Waals surface area contributed by atoms with Crippen LogP contribution in [0.4, 0.5) is 0 Å². The normalized spacial score (nSPS) is 17.2. The number of ether oxygens (including phenoxy) is 1. The molecule has 1 aliphatic heterocycles. The molecule has 0 saturated carbocycles. The molecular formula is C26H32O5S. The van der Waals surface area contributed by atoms with Crippen molar-refractivity contribution in [3.63, 3.8) is 0 Å². The molecule has 172 valence electrons. The van der Waals surface area contributed by atoms with E-state index in [9.17, 15) is 13.2 Å². The molecule has 2 aromatic carbocycles. The number of hydrogen-bond donors (Lipinski definition) is 0. The zero-order valence-corrected chi connectivity index (χ0v) is 20.4. The maximum Gasteiger partial charge on any atom is 0.339 e. The predicted molar refractivity (Wildman–Crippen MR) is 126 cm³/mol. The molecule has 2 aromatic rings. The summed E-state index contributed by atoms with van der Waals surface area (Å²) < 4.78 is 36.5. The third-order valence-electron chi connectivity index (χ3n) is 5.48. The third kappa shape index (κ3) is 5.80. The number of benzene rings is 2. The highest BCUT2D eigenvalue weighted by Crippen LogP contribution is 2.43. The molecule has 1 aliphatic rings. The Labute approximate surface area is 191 Å². The van der Waals surface area contributed by atoms with Crippen molar-refractivity contribution in [1.82, 2.24) is 0 Å². The van der Waals surface area contributed by atoms with Gasteiger partial charge in [0.25, 0.3) is 0 Å². The van der Waals surface area contributed by atoms with E-state index in [2.05, 4.69) is 41.5 Å². The van der Waals surface area contributed by atoms with Gasteiger partial charge in [-0.05, 0) is 65.1 Å². The third-order valence-corrected chi connectivity index (χ3v) is 6.73. The second kappa shape index (κ2) is 8.74. The van der Waals surface area contributed by atoms with Crippen LogP contribution >= 0.6 is 0 Å². The zero-order chi connectivity index (χ0) is 23.7. The summed E-state index contributed by atoms with van der Waals surface area (Å²) in [5.41, 5.74) is 1.99. The molecular weight excluding hydrogens is 424 g/mol. The molecule has 0 bridgehead atoms. The van der Waals surface area contributed by atoms with Crippen LogP contribution in [0.25, 0.3) is 6.08 Å². The standard InChI is InChI=1S/C26H32O5S/c1-25(2,3)16-23(26(4,5)6)18-7-10-20(11-8-18)31-32(28,29)22-13-14-24-19(15-22)9-12-21(17-27)30-24/h7-15,17,21,23H,16H2,1-6H3. The van der Waals surface area contributed by atoms with Crippen LogP contribution in [-0.4, -0.2) is 20.8 Å². The quantitative estimate of drug-likeness (QED) is 0.394. The highest BCUT2D eigenvalue weighted by atomic mass is 32.2. The molecule has 2 atom stereocenters. The van der Waals surface area contributed by atoms with Gasteiger partial charge < -0.3 is 8.92 Å². The van der Waals surface area contributed by atoms with Gasteiger partial charge in [0.05, 0.1) is 0 Å². The second-order valence-electron chi connectivity index (χ2n) is 10.6. The van der Waals surface area contributed by atoms with Gasteiger partial charge in [0.2, 0.25) is 0 Å². The van der Waals surface area contributed by atoms with Crippen molar-refractivity contribution in [2.24, 2.45) is 10.8 Å². The zero-order valence-electron chi connectivity index (χ0n) is 19.6. The van der Waals surface area contributed by atoms with E-state index in [4.69, 9.17) is 8.92 Å². The molecule has 2 unspecified atom stereocenters. The molecule has 0 saturated heterocycles. The Hall–Kier alpha value is -2.60. The molecule has 1 heterocycles. The molecule has 0 spiro atoms. The Kier molecular flexibility index (Phi) is 6.57. The predicted octanol–water partition coefficient (Wildman–Crippen LogP) is 5.99. The van der Waals surface area contributed by atoms with Crippen LogP contribution in [0.5, 0.6) is 11.5 Å². The van der Waals surface area contributed by atoms with Gasteiger partial charge >= 0.3 is 10.1 Å². The fourth-order valence-corrected chi connectivity index (χ4v) is 4.81. The van der Waals surface area contributed by atoms with Crippen molar-refractivity contribution < 1.29 is 22.1 Å². The van der Waals surface area contributed by atoms with Crippen LogP contribution < -0.4 is 8.92 Å². The highest BCUT2D eigenvalue weighted by Gasteiger charge is 2.30. The number of fused-ring (bicyclic) bond motifs is 1. The van der Waals surface area contributed by atoms with E-state index in [1.54, 1.807) is 24.3 Å². The lowest BCUT2D eigenvalue weighted by Crippen LogP contribution is -2.23. The highest BCUT2D eigenvalue weighted by molar-refractivity contribution is 7.87. The first-order chi connectivity index (χ1) is 14.8. The summed E-state index contributed by atoms with van der Waals surface area (Å²) in [5, 5.41) is 0. The minimum Gasteiger partial charge on any atom is -0.478 e. The molecule has 5 nitrogen and oxygen atoms in total. The largest absolute Gasteiger partial charge is 0.478 e. The van der Waals surface area contributed by atoms with E-state index in [0.717, 1.165) is 12.0 Å². The van der Waals surface area contributed by atoms with E-state index >= 15 is 0 Å². The first-order valence-corrected chi connectivity index (χ1v) is 12.2. The second-order valence-corrected chi connectivity index (χ2v) is 12.1. The van der Waals surface area contributed by atoms with Crippen molar-refractivity contribution in [2.45, 2.75) is 64.9 Å². The Morgan fingerprint density at radius 1 is 1.03 bits per heavy atom. The number of carbonyl (C=O) groups is 1. The number of aldehydes is 1. The average molecular weight is 457 g/mol. The van der Waals surface area contributed by atoms with Gasteiger partial charge in [-0.15, -0.1) is 0 Å². The van der Waals surface area contributed by atoms with Crippen LogP contribution in [-0.2, 0) is 14.9 Å². The van der Waals surface area contributed by atoms with E-state index in [0.29, 0.717) is 23.5 Å². The summed E-state index contributed by atoms with van der Waals surface area (Å²) in [4.78, 5) is 10.9. The molecule has 6 heteroatoms. The van der Waals surface area contributed by atoms with Gasteiger partial charge in [-0.25, -0.2) is 0 Å². The Morgan fingerprint density at radius 3 is 2.25 bits per heavy atom. The van der Waals surface area contributed by atoms with Gasteiger partial charge in [-0.2, -0.15) is 8.42 Å². The summed E-state index contributed by atoms with van der Waals surface area (Å²) in [6.45, 7) is 13.4. The van der Waals surface area contributed by atoms with E-state index in [-0.39, 0.29) is 21.5 Å². The average Bonchev–Trinajstić information content (AvgIpc) is 2.70. The monoisotopic (exact) mass is 456 g/mol. The van der Waals surface area contributed by atoms with Crippen LogP contribution in [0.15, 0.2) is 53.4 Å². The lowest BCUT2D eigenvalue weighted by molar-refractivity contribution is -0.112. The summed E-state index contributed by atoms with van der Waals surface area (Å²) in [5.74, 6) is 1.05. The molecule has 0 N–H and O–H groups in total. The minimum absolute atomic E-state index is 0.0263. The van der Waals surface area contributed by atoms with Gasteiger partial charge in [0.15, 0.2) is 12.4 Å². The molecule has 3 rings (SSSR count). The first-order valence-electron chi connectivity index (χ1n) is 10.8. The summed E-state index contributed by atoms with van der Waals surface area (Å²) >= 11 is 0. The molecule has 0 aliphatic carbocycles. The molecule has 32 heavy (non-hydrogen) atoms. The van der Waals surface area contributed by atoms with E-state index in [1.165, 1.54) is 18.2 Å². The van der Waals surface area contributed by atoms with Gasteiger partial charge in [0, 0.05) is 5.56 Å². The van der Waals surface area contributed by atoms with E-state index < -0.39 is 16.2 Å². The summed E-state index contributed by atoms with van der Waals surface area (Å²) in [6.07, 6.45) is 4.30. The van der Waals surface area contributed by atoms with Crippen molar-refractivity contribution in [3.8, 4) is 11.5 Å². The Bertz CT molecular complexity index is 1100. The number of rotatable bonds is 6. The van der Waals surface area contributed by atoms with Crippen molar-refractivity contribution in [2.75, 3.05) is 0 Å². The Morgan fingerprint density at radius 2 is 1.69 bits per heavy atom. The summed E-state index contributed by atoms with van der Waals surface area (Å²) in [6, 6.07) is 11.8. The van der Waals surface area contributed by atoms with Crippen LogP contribution in [0.1, 0.15) is 65.0 Å². The Balaban J connectivity index is 1.81. The molecule has 0 radical (unpaired) electrons. The fraction of sp³-hybridized carbons (Fsp3) is 0.423. The number of carbonyl (C=O) groups excluding carboxylic acids is 1. The van der Waals surface area contributed by atoms with Crippen molar-refractivity contribution in [3.05, 3.63) is 59.7 Å². The fourth-order valence-electron chi connectivity index (χ4n) is 3.84. The lowest BCUT2D eigenvalue weighted by atomic mass is 9.69. The summed E-state index contributed by atoms with van der Waals surface area (Å²) in [7, 11) is -4.02. The topological polar surface area (TPSA) is 69.7 Å². The lowest BCUT2D eigenvalue weighted by Gasteiger charge is -2.36. The van der Waals surface area contributed by atoms with Crippen molar-refractivity contribution >= 4 is 22.5 Å². The maximum atomic E-state index is 12.8. The number of hydrogen-bond acceptors (Lipinski definition) is 5. The van der Waals surface area contributed by atoms with Gasteiger partial charge in [-0.3, -0.25) is 4.79 Å². The van der Waals surface area contributed by atoms with Crippen LogP contribution in [0.2, 0.25) is 0 Å². The maximum absolute atomic E-state index is 12.8.